The van der Waals surface area contributed by atoms with Crippen LogP contribution in [0, 0.1) is 13.8 Å². The second-order valence-corrected chi connectivity index (χ2v) is 6.83. The Balaban J connectivity index is 1.66. The van der Waals surface area contributed by atoms with E-state index in [-0.39, 0.29) is 5.91 Å². The smallest absolute Gasteiger partial charge is 0.258 e. The first kappa shape index (κ1) is 16.4. The maximum atomic E-state index is 12.8. The van der Waals surface area contributed by atoms with E-state index >= 15 is 0 Å². The molecule has 1 amide bonds. The summed E-state index contributed by atoms with van der Waals surface area (Å²) in [6.07, 6.45) is 0. The third-order valence-corrected chi connectivity index (χ3v) is 4.65. The highest BCUT2D eigenvalue weighted by molar-refractivity contribution is 7.10. The molecule has 0 radical (unpaired) electrons. The second-order valence-electron chi connectivity index (χ2n) is 6.08. The van der Waals surface area contributed by atoms with Crippen LogP contribution in [0.2, 0.25) is 0 Å². The number of benzene rings is 2. The van der Waals surface area contributed by atoms with Crippen LogP contribution in [0.3, 0.4) is 0 Å². The average molecular weight is 360 g/mol. The largest absolute Gasteiger partial charge is 0.297 e. The molecule has 0 bridgehead atoms. The maximum Gasteiger partial charge on any atom is 0.258 e. The van der Waals surface area contributed by atoms with E-state index in [9.17, 15) is 4.79 Å². The fourth-order valence-corrected chi connectivity index (χ4v) is 3.39. The summed E-state index contributed by atoms with van der Waals surface area (Å²) in [5.74, 6) is 0.402. The number of fused-ring (bicyclic) bond motifs is 1. The lowest BCUT2D eigenvalue weighted by Gasteiger charge is -2.08. The van der Waals surface area contributed by atoms with Crippen molar-refractivity contribution in [3.8, 4) is 11.4 Å². The van der Waals surface area contributed by atoms with Crippen molar-refractivity contribution in [2.24, 2.45) is 0 Å². The SMILES string of the molecule is Cc1ccc2nc(C)cc(C(=O)Nc3nc(-c4ccccc4)ns3)c2c1. The van der Waals surface area contributed by atoms with Crippen molar-refractivity contribution in [3.63, 3.8) is 0 Å². The first-order chi connectivity index (χ1) is 12.6. The Labute approximate surface area is 154 Å². The summed E-state index contributed by atoms with van der Waals surface area (Å²) < 4.78 is 4.33. The van der Waals surface area contributed by atoms with Gasteiger partial charge in [-0.3, -0.25) is 15.1 Å². The van der Waals surface area contributed by atoms with Gasteiger partial charge in [-0.25, -0.2) is 0 Å². The van der Waals surface area contributed by atoms with Crippen LogP contribution < -0.4 is 5.32 Å². The van der Waals surface area contributed by atoms with Gasteiger partial charge >= 0.3 is 0 Å². The van der Waals surface area contributed by atoms with E-state index in [0.29, 0.717) is 16.5 Å². The fourth-order valence-electron chi connectivity index (χ4n) is 2.80. The summed E-state index contributed by atoms with van der Waals surface area (Å²) in [4.78, 5) is 21.8. The lowest BCUT2D eigenvalue weighted by Crippen LogP contribution is -2.13. The zero-order valence-corrected chi connectivity index (χ0v) is 15.2. The van der Waals surface area contributed by atoms with Gasteiger partial charge in [0.1, 0.15) is 0 Å². The van der Waals surface area contributed by atoms with Gasteiger partial charge in [-0.1, -0.05) is 42.0 Å². The molecule has 2 heterocycles. The number of carbonyl (C=O) groups excluding carboxylic acids is 1. The summed E-state index contributed by atoms with van der Waals surface area (Å²) in [5, 5.41) is 4.18. The quantitative estimate of drug-likeness (QED) is 0.579. The summed E-state index contributed by atoms with van der Waals surface area (Å²) in [7, 11) is 0. The van der Waals surface area contributed by atoms with E-state index in [1.165, 1.54) is 11.5 Å². The number of carbonyl (C=O) groups is 1. The highest BCUT2D eigenvalue weighted by atomic mass is 32.1. The summed E-state index contributed by atoms with van der Waals surface area (Å²) >= 11 is 1.17. The van der Waals surface area contributed by atoms with Crippen LogP contribution in [0.1, 0.15) is 21.6 Å². The lowest BCUT2D eigenvalue weighted by atomic mass is 10.0. The molecule has 4 aromatic rings. The van der Waals surface area contributed by atoms with Crippen molar-refractivity contribution in [2.75, 3.05) is 5.32 Å². The normalized spacial score (nSPS) is 10.8. The van der Waals surface area contributed by atoms with E-state index in [1.54, 1.807) is 6.07 Å². The second kappa shape index (κ2) is 6.65. The molecule has 1 N–H and O–H groups in total. The minimum atomic E-state index is -0.207. The number of anilines is 1. The predicted molar refractivity (Wildman–Crippen MR) is 105 cm³/mol. The zero-order chi connectivity index (χ0) is 18.1. The van der Waals surface area contributed by atoms with Crippen molar-refractivity contribution < 1.29 is 4.79 Å². The summed E-state index contributed by atoms with van der Waals surface area (Å²) in [6.45, 7) is 3.88. The molecule has 128 valence electrons. The molecule has 0 aliphatic carbocycles. The van der Waals surface area contributed by atoms with Gasteiger partial charge in [0.2, 0.25) is 5.13 Å². The molecular formula is C20H16N4OS. The monoisotopic (exact) mass is 360 g/mol. The van der Waals surface area contributed by atoms with Crippen LogP contribution in [-0.4, -0.2) is 20.2 Å². The van der Waals surface area contributed by atoms with Gasteiger partial charge in [0, 0.05) is 28.2 Å². The van der Waals surface area contributed by atoms with Crippen LogP contribution >= 0.6 is 11.5 Å². The van der Waals surface area contributed by atoms with Crippen LogP contribution in [0.4, 0.5) is 5.13 Å². The van der Waals surface area contributed by atoms with Crippen molar-refractivity contribution >= 4 is 33.5 Å². The van der Waals surface area contributed by atoms with E-state index < -0.39 is 0 Å². The minimum Gasteiger partial charge on any atom is -0.297 e. The first-order valence-corrected chi connectivity index (χ1v) is 8.96. The summed E-state index contributed by atoms with van der Waals surface area (Å²) in [6, 6.07) is 17.4. The molecule has 2 aromatic carbocycles. The zero-order valence-electron chi connectivity index (χ0n) is 14.4. The lowest BCUT2D eigenvalue weighted by molar-refractivity contribution is 0.102. The van der Waals surface area contributed by atoms with Gasteiger partial charge in [-0.05, 0) is 32.0 Å². The van der Waals surface area contributed by atoms with E-state index in [1.807, 2.05) is 62.4 Å². The van der Waals surface area contributed by atoms with Gasteiger partial charge < -0.3 is 0 Å². The van der Waals surface area contributed by atoms with E-state index in [0.717, 1.165) is 27.7 Å². The molecule has 0 unspecified atom stereocenters. The van der Waals surface area contributed by atoms with Crippen LogP contribution in [0.5, 0.6) is 0 Å². The van der Waals surface area contributed by atoms with Gasteiger partial charge in [-0.2, -0.15) is 9.36 Å². The predicted octanol–water partition coefficient (Wildman–Crippen LogP) is 4.62. The van der Waals surface area contributed by atoms with Crippen LogP contribution in [0.15, 0.2) is 54.6 Å². The number of hydrogen-bond donors (Lipinski definition) is 1. The molecule has 4 rings (SSSR count). The molecule has 5 nitrogen and oxygen atoms in total. The molecular weight excluding hydrogens is 344 g/mol. The Bertz CT molecular complexity index is 1110. The first-order valence-electron chi connectivity index (χ1n) is 8.18. The number of aryl methyl sites for hydroxylation is 2. The Morgan fingerprint density at radius 2 is 1.81 bits per heavy atom. The molecule has 0 spiro atoms. The highest BCUT2D eigenvalue weighted by Crippen LogP contribution is 2.24. The number of hydrogen-bond acceptors (Lipinski definition) is 5. The maximum absolute atomic E-state index is 12.8. The number of rotatable bonds is 3. The van der Waals surface area contributed by atoms with Crippen molar-refractivity contribution in [1.82, 2.24) is 14.3 Å². The molecule has 0 aliphatic rings. The molecule has 6 heteroatoms. The van der Waals surface area contributed by atoms with Crippen molar-refractivity contribution in [1.29, 1.82) is 0 Å². The van der Waals surface area contributed by atoms with Gasteiger partial charge in [0.05, 0.1) is 11.1 Å². The molecule has 2 aromatic heterocycles. The molecule has 0 saturated carbocycles. The van der Waals surface area contributed by atoms with E-state index in [2.05, 4.69) is 19.7 Å². The van der Waals surface area contributed by atoms with Crippen LogP contribution in [0.25, 0.3) is 22.3 Å². The number of aromatic nitrogens is 3. The Morgan fingerprint density at radius 3 is 2.62 bits per heavy atom. The number of nitrogens with one attached hydrogen (secondary N) is 1. The minimum absolute atomic E-state index is 0.207. The molecule has 0 aliphatic heterocycles. The Kier molecular flexibility index (Phi) is 4.18. The van der Waals surface area contributed by atoms with Gasteiger partial charge in [0.15, 0.2) is 5.82 Å². The molecule has 0 atom stereocenters. The molecule has 26 heavy (non-hydrogen) atoms. The van der Waals surface area contributed by atoms with E-state index in [4.69, 9.17) is 0 Å². The summed E-state index contributed by atoms with van der Waals surface area (Å²) in [5.41, 5.74) is 4.20. The van der Waals surface area contributed by atoms with Gasteiger partial charge in [-0.15, -0.1) is 0 Å². The number of pyridine rings is 1. The highest BCUT2D eigenvalue weighted by Gasteiger charge is 2.15. The average Bonchev–Trinajstić information content (AvgIpc) is 3.10. The third kappa shape index (κ3) is 3.19. The number of amides is 1. The van der Waals surface area contributed by atoms with Crippen molar-refractivity contribution in [2.45, 2.75) is 13.8 Å². The van der Waals surface area contributed by atoms with Gasteiger partial charge in [0.25, 0.3) is 5.91 Å². The number of nitrogens with zero attached hydrogens (tertiary/aromatic N) is 3. The standard InChI is InChI=1S/C20H16N4OS/c1-12-8-9-17-15(10-12)16(11-13(2)21-17)19(25)23-20-22-18(24-26-20)14-6-4-3-5-7-14/h3-11H,1-2H3,(H,22,23,24,25). The topological polar surface area (TPSA) is 67.8 Å². The van der Waals surface area contributed by atoms with Crippen molar-refractivity contribution in [3.05, 3.63) is 71.4 Å². The fraction of sp³-hybridized carbons (Fsp3) is 0.100. The molecule has 0 fully saturated rings. The third-order valence-electron chi connectivity index (χ3n) is 4.02. The Hall–Kier alpha value is -3.12. The Morgan fingerprint density at radius 1 is 1.00 bits per heavy atom. The van der Waals surface area contributed by atoms with Crippen LogP contribution in [-0.2, 0) is 0 Å². The molecule has 0 saturated heterocycles.